The van der Waals surface area contributed by atoms with Crippen LogP contribution < -0.4 is 120 Å². The van der Waals surface area contributed by atoms with E-state index in [2.05, 4.69) is 79.8 Å². The average molecular weight is 1680 g/mol. The first-order chi connectivity index (χ1) is 56.6. The minimum Gasteiger partial charge on any atom is -0.508 e. The van der Waals surface area contributed by atoms with E-state index in [9.17, 15) is 82.1 Å². The zero-order valence-electron chi connectivity index (χ0n) is 69.0. The van der Waals surface area contributed by atoms with E-state index in [-0.39, 0.29) is 114 Å². The quantitative estimate of drug-likeness (QED) is 0.0143. The number of aliphatic hydroxyl groups excluding tert-OH is 1. The van der Waals surface area contributed by atoms with E-state index in [0.29, 0.717) is 11.1 Å². The first kappa shape index (κ1) is 101. The number of amides is 15. The van der Waals surface area contributed by atoms with E-state index in [0.717, 1.165) is 12.5 Å². The largest absolute Gasteiger partial charge is 0.508 e. The maximum atomic E-state index is 14.7. The van der Waals surface area contributed by atoms with E-state index in [1.165, 1.54) is 43.3 Å². The highest BCUT2D eigenvalue weighted by atomic mass is 16.3. The third-order valence-corrected chi connectivity index (χ3v) is 19.3. The van der Waals surface area contributed by atoms with Gasteiger partial charge in [-0.25, -0.2) is 0 Å². The molecule has 0 aliphatic heterocycles. The Bertz CT molecular complexity index is 3990. The van der Waals surface area contributed by atoms with Crippen LogP contribution in [0, 0.1) is 34.0 Å². The zero-order chi connectivity index (χ0) is 90.0. The Kier molecular flexibility index (Phi) is 44.1. The molecular formula is C78H123N25O17. The molecule has 0 saturated heterocycles. The number of nitrogens with two attached hydrogens (primary N) is 7. The summed E-state index contributed by atoms with van der Waals surface area (Å²) in [6, 6.07) is 1.82. The standard InChI is InChI=1S/C78H123N25O17/c1-9-41(5)60(101-72(117)56(37-46-24-28-49(105)29-25-46)98-64(109)43(7)92-66(111)50(19-14-32-89-76(83)84)93-65(110)48-26-22-47(39-79)23-27-48)73(118)100-57(38-59(81)107)70(115)99-55(35-40(3)4)71(116)102-61(42(6)10-2)74(119)103-62(44(8)104)75(120)96-52(21-16-34-91-78(87)88)67(112)95-53(30-31-58(80)106)69(114)94-51(20-15-33-90-77(85)86)68(113)97-54(63(82)108)36-45-17-12-11-13-18-45/h11-13,17-18,22-29,40-44,50-57,60-62,104-105H,9-10,14-16,19-21,30-39,79H2,1-8H3,(H2,80,106)(H2,81,107)(H2,82,108)(H,92,111)(H,93,110)(H,94,114)(H,95,112)(H,96,120)(H,97,113)(H,98,109)(H,99,115)(H,100,118)(H,101,117)(H,102,116)(H,103,119)(H4,83,84,89)(H4,85,86,90)(H4,87,88,91)/t41-,42-,43-,44+,50-,51-,52-,53-,54-,55-,56-,57-,60-,61-,62-/m0/s1. The highest BCUT2D eigenvalue weighted by Crippen LogP contribution is 2.18. The van der Waals surface area contributed by atoms with Crippen LogP contribution in [-0.2, 0) is 86.5 Å². The van der Waals surface area contributed by atoms with Crippen molar-refractivity contribution in [2.45, 2.75) is 230 Å². The Labute approximate surface area is 696 Å². The van der Waals surface area contributed by atoms with Gasteiger partial charge >= 0.3 is 0 Å². The zero-order valence-corrected chi connectivity index (χ0v) is 69.0. The van der Waals surface area contributed by atoms with E-state index < -0.39 is 216 Å². The van der Waals surface area contributed by atoms with Crippen molar-refractivity contribution in [3.8, 4) is 5.75 Å². The number of aromatic hydroxyl groups is 1. The molecule has 0 aliphatic carbocycles. The molecule has 120 heavy (non-hydrogen) atoms. The van der Waals surface area contributed by atoms with Crippen molar-refractivity contribution < 1.29 is 82.1 Å². The first-order valence-corrected chi connectivity index (χ1v) is 39.6. The number of phenols is 1. The van der Waals surface area contributed by atoms with E-state index in [4.69, 9.17) is 56.4 Å². The van der Waals surface area contributed by atoms with Crippen molar-refractivity contribution in [2.24, 2.45) is 57.9 Å². The van der Waals surface area contributed by atoms with Gasteiger partial charge in [-0.2, -0.15) is 0 Å². The topological polar surface area (TPSA) is 731 Å². The number of guanidine groups is 3. The molecule has 662 valence electrons. The third kappa shape index (κ3) is 37.2. The van der Waals surface area contributed by atoms with Crippen LogP contribution in [0.15, 0.2) is 78.9 Å². The van der Waals surface area contributed by atoms with Crippen LogP contribution in [-0.4, -0.2) is 215 Å². The Hall–Kier alpha value is -12.8. The lowest BCUT2D eigenvalue weighted by Gasteiger charge is -2.31. The minimum atomic E-state index is -1.92. The fraction of sp³-hybridized carbons (Fsp3) is 0.538. The number of benzene rings is 3. The normalized spacial score (nSPS) is 14.8. The molecule has 3 rings (SSSR count). The second kappa shape index (κ2) is 52.1. The van der Waals surface area contributed by atoms with Crippen LogP contribution in [0.2, 0.25) is 0 Å². The highest BCUT2D eigenvalue weighted by molar-refractivity contribution is 6.02. The molecule has 0 bridgehead atoms. The summed E-state index contributed by atoms with van der Waals surface area (Å²) in [6.45, 7) is 12.7. The Morgan fingerprint density at radius 2 is 0.750 bits per heavy atom. The van der Waals surface area contributed by atoms with Crippen LogP contribution in [0.3, 0.4) is 0 Å². The van der Waals surface area contributed by atoms with Crippen molar-refractivity contribution in [3.05, 3.63) is 101 Å². The summed E-state index contributed by atoms with van der Waals surface area (Å²) < 4.78 is 0. The number of carbonyl (C=O) groups excluding carboxylic acids is 15. The molecule has 0 aliphatic rings. The molecule has 0 saturated carbocycles. The van der Waals surface area contributed by atoms with E-state index >= 15 is 0 Å². The maximum Gasteiger partial charge on any atom is 0.251 e. The molecule has 42 nitrogen and oxygen atoms in total. The molecule has 3 aromatic rings. The van der Waals surface area contributed by atoms with Gasteiger partial charge in [-0.3, -0.25) is 88.1 Å². The van der Waals surface area contributed by atoms with Gasteiger partial charge in [0.15, 0.2) is 17.9 Å². The molecule has 0 radical (unpaired) electrons. The minimum absolute atomic E-state index is 0.0101. The number of carbonyl (C=O) groups is 15. The van der Waals surface area contributed by atoms with Crippen LogP contribution in [0.25, 0.3) is 0 Å². The number of hydrogen-bond donors (Lipinski definition) is 27. The van der Waals surface area contributed by atoms with E-state index in [1.54, 1.807) is 84.0 Å². The molecule has 0 unspecified atom stereocenters. The molecule has 34 N–H and O–H groups in total. The molecule has 0 aromatic heterocycles. The second-order valence-corrected chi connectivity index (χ2v) is 29.8. The lowest BCUT2D eigenvalue weighted by Crippen LogP contribution is -2.63. The smallest absolute Gasteiger partial charge is 0.251 e. The van der Waals surface area contributed by atoms with Gasteiger partial charge in [-0.15, -0.1) is 0 Å². The van der Waals surface area contributed by atoms with Gasteiger partial charge in [-0.05, 0) is 124 Å². The number of primary amides is 3. The lowest BCUT2D eigenvalue weighted by atomic mass is 9.95. The highest BCUT2D eigenvalue weighted by Gasteiger charge is 2.40. The van der Waals surface area contributed by atoms with Gasteiger partial charge in [0.05, 0.1) is 12.5 Å². The third-order valence-electron chi connectivity index (χ3n) is 19.3. The van der Waals surface area contributed by atoms with Crippen molar-refractivity contribution >= 4 is 106 Å². The second-order valence-electron chi connectivity index (χ2n) is 29.8. The summed E-state index contributed by atoms with van der Waals surface area (Å²) >= 11 is 0. The molecule has 15 amide bonds. The van der Waals surface area contributed by atoms with Crippen molar-refractivity contribution in [1.29, 1.82) is 16.2 Å². The average Bonchev–Trinajstić information content (AvgIpc) is 0.834. The van der Waals surface area contributed by atoms with Crippen molar-refractivity contribution in [1.82, 2.24) is 79.8 Å². The summed E-state index contributed by atoms with van der Waals surface area (Å²) in [6.07, 6.45) is -3.81. The summed E-state index contributed by atoms with van der Waals surface area (Å²) in [5, 5.41) is 82.5. The monoisotopic (exact) mass is 1680 g/mol. The summed E-state index contributed by atoms with van der Waals surface area (Å²) in [4.78, 5) is 210. The van der Waals surface area contributed by atoms with Crippen LogP contribution in [0.1, 0.15) is 159 Å². The number of nitrogens with one attached hydrogen (secondary N) is 18. The number of aliphatic hydroxyl groups is 1. The summed E-state index contributed by atoms with van der Waals surface area (Å²) in [5.74, 6) is -17.9. The molecule has 0 heterocycles. The van der Waals surface area contributed by atoms with Gasteiger partial charge in [-0.1, -0.05) is 109 Å². The Morgan fingerprint density at radius 3 is 1.19 bits per heavy atom. The predicted molar refractivity (Wildman–Crippen MR) is 443 cm³/mol. The molecule has 3 aromatic carbocycles. The van der Waals surface area contributed by atoms with Crippen LogP contribution in [0.5, 0.6) is 5.75 Å². The van der Waals surface area contributed by atoms with Gasteiger partial charge < -0.3 is 130 Å². The van der Waals surface area contributed by atoms with Gasteiger partial charge in [0, 0.05) is 51.0 Å². The fourth-order valence-electron chi connectivity index (χ4n) is 12.1. The lowest BCUT2D eigenvalue weighted by molar-refractivity contribution is -0.138. The van der Waals surface area contributed by atoms with Crippen molar-refractivity contribution in [3.63, 3.8) is 0 Å². The van der Waals surface area contributed by atoms with Crippen molar-refractivity contribution in [2.75, 3.05) is 19.6 Å². The van der Waals surface area contributed by atoms with Crippen LogP contribution >= 0.6 is 0 Å². The number of rotatable bonds is 54. The van der Waals surface area contributed by atoms with Gasteiger partial charge in [0.2, 0.25) is 82.7 Å². The maximum absolute atomic E-state index is 14.7. The van der Waals surface area contributed by atoms with Crippen LogP contribution in [0.4, 0.5) is 0 Å². The molecule has 15 atom stereocenters. The number of phenolic OH excluding ortho intramolecular Hbond substituents is 1. The molecule has 0 spiro atoms. The molecule has 42 heteroatoms. The first-order valence-electron chi connectivity index (χ1n) is 39.6. The SMILES string of the molecule is CC[C@H](C)[C@H](NC(=O)[C@H](Cc1ccc(O)cc1)NC(=O)[C@H](C)NC(=O)[C@H](CCCNC(=N)N)NC(=O)c1ccc(CN)cc1)C(=O)N[C@@H](CC(N)=O)C(=O)N[C@@H](CC(C)C)C(=O)N[C@H](C(=O)N[C@H](C(=O)N[C@@H](CCCNC(=N)N)C(=O)N[C@@H](CCC(N)=O)C(=O)N[C@@H](CCCNC(=N)N)C(=O)N[C@@H](Cc1ccccc1)C(N)=O)[C@@H](C)O)[C@@H](C)CC. The van der Waals surface area contributed by atoms with Gasteiger partial charge in [0.1, 0.15) is 78.3 Å². The summed E-state index contributed by atoms with van der Waals surface area (Å²) in [7, 11) is 0. The Morgan fingerprint density at radius 1 is 0.383 bits per heavy atom. The Balaban J connectivity index is 1.95. The predicted octanol–water partition coefficient (Wildman–Crippen LogP) is -5.28. The summed E-state index contributed by atoms with van der Waals surface area (Å²) in [5.41, 5.74) is 41.0. The fourth-order valence-corrected chi connectivity index (χ4v) is 12.1. The molecule has 0 fully saturated rings. The number of hydrogen-bond acceptors (Lipinski definition) is 21. The van der Waals surface area contributed by atoms with Gasteiger partial charge in [0.25, 0.3) is 5.91 Å². The molecular weight excluding hydrogens is 1560 g/mol. The van der Waals surface area contributed by atoms with E-state index in [1.807, 2.05) is 0 Å².